The standard InChI is InChI=1S/C15H22N2O3.ClH/c1-11-4-3-5-12(2)14(11)20-9-7-17-15(18)13-10-16-6-8-19-13;/h3-5,13,16H,6-10H2,1-2H3,(H,17,18);1H. The molecule has 6 heteroatoms. The van der Waals surface area contributed by atoms with Crippen LogP contribution in [-0.4, -0.2) is 44.9 Å². The molecule has 1 saturated heterocycles. The molecule has 1 fully saturated rings. The highest BCUT2D eigenvalue weighted by Gasteiger charge is 2.20. The molecule has 0 spiro atoms. The summed E-state index contributed by atoms with van der Waals surface area (Å²) in [4.78, 5) is 11.8. The van der Waals surface area contributed by atoms with Crippen molar-refractivity contribution in [3.05, 3.63) is 29.3 Å². The molecule has 1 aliphatic rings. The zero-order chi connectivity index (χ0) is 14.4. The van der Waals surface area contributed by atoms with Gasteiger partial charge in [0.25, 0.3) is 5.91 Å². The molecule has 1 aromatic carbocycles. The van der Waals surface area contributed by atoms with Crippen molar-refractivity contribution >= 4 is 18.3 Å². The molecule has 0 aliphatic carbocycles. The topological polar surface area (TPSA) is 59.6 Å². The number of carbonyl (C=O) groups excluding carboxylic acids is 1. The van der Waals surface area contributed by atoms with Gasteiger partial charge in [-0.25, -0.2) is 0 Å². The molecule has 118 valence electrons. The molecule has 21 heavy (non-hydrogen) atoms. The fourth-order valence-corrected chi connectivity index (χ4v) is 2.20. The maximum atomic E-state index is 11.8. The summed E-state index contributed by atoms with van der Waals surface area (Å²) in [5.74, 6) is 0.819. The van der Waals surface area contributed by atoms with Gasteiger partial charge in [0.1, 0.15) is 18.5 Å². The summed E-state index contributed by atoms with van der Waals surface area (Å²) in [7, 11) is 0. The predicted octanol–water partition coefficient (Wildman–Crippen LogP) is 1.21. The fourth-order valence-electron chi connectivity index (χ4n) is 2.20. The second kappa shape index (κ2) is 8.87. The minimum absolute atomic E-state index is 0. The SMILES string of the molecule is Cc1cccc(C)c1OCCNC(=O)C1CNCCO1.Cl. The Morgan fingerprint density at radius 3 is 2.76 bits per heavy atom. The van der Waals surface area contributed by atoms with Gasteiger partial charge in [0.2, 0.25) is 0 Å². The first-order chi connectivity index (χ1) is 9.68. The van der Waals surface area contributed by atoms with E-state index in [4.69, 9.17) is 9.47 Å². The molecule has 1 unspecified atom stereocenters. The Hall–Kier alpha value is -1.30. The van der Waals surface area contributed by atoms with E-state index in [1.165, 1.54) is 0 Å². The molecule has 0 radical (unpaired) electrons. The number of rotatable bonds is 5. The molecule has 2 N–H and O–H groups in total. The zero-order valence-electron chi connectivity index (χ0n) is 12.5. The highest BCUT2D eigenvalue weighted by molar-refractivity contribution is 5.85. The van der Waals surface area contributed by atoms with Crippen molar-refractivity contribution in [2.24, 2.45) is 0 Å². The number of hydrogen-bond acceptors (Lipinski definition) is 4. The maximum Gasteiger partial charge on any atom is 0.250 e. The normalized spacial score (nSPS) is 17.7. The highest BCUT2D eigenvalue weighted by atomic mass is 35.5. The van der Waals surface area contributed by atoms with Crippen molar-refractivity contribution in [2.45, 2.75) is 20.0 Å². The molecular formula is C15H23ClN2O3. The third-order valence-electron chi connectivity index (χ3n) is 3.28. The van der Waals surface area contributed by atoms with Crippen molar-refractivity contribution in [1.29, 1.82) is 0 Å². The molecular weight excluding hydrogens is 292 g/mol. The monoisotopic (exact) mass is 314 g/mol. The van der Waals surface area contributed by atoms with E-state index in [-0.39, 0.29) is 24.4 Å². The molecule has 1 aromatic rings. The van der Waals surface area contributed by atoms with Gasteiger partial charge < -0.3 is 20.1 Å². The molecule has 0 saturated carbocycles. The summed E-state index contributed by atoms with van der Waals surface area (Å²) >= 11 is 0. The van der Waals surface area contributed by atoms with Gasteiger partial charge in [-0.05, 0) is 25.0 Å². The second-order valence-corrected chi connectivity index (χ2v) is 4.92. The number of nitrogens with one attached hydrogen (secondary N) is 2. The van der Waals surface area contributed by atoms with Gasteiger partial charge >= 0.3 is 0 Å². The second-order valence-electron chi connectivity index (χ2n) is 4.92. The summed E-state index contributed by atoms with van der Waals surface area (Å²) < 4.78 is 11.1. The Balaban J connectivity index is 0.00000220. The molecule has 1 amide bonds. The summed E-state index contributed by atoms with van der Waals surface area (Å²) in [5, 5.41) is 5.96. The number of benzene rings is 1. The van der Waals surface area contributed by atoms with E-state index in [0.29, 0.717) is 26.3 Å². The minimum Gasteiger partial charge on any atom is -0.491 e. The fraction of sp³-hybridized carbons (Fsp3) is 0.533. The summed E-state index contributed by atoms with van der Waals surface area (Å²) in [6, 6.07) is 6.04. The number of amides is 1. The molecule has 0 aromatic heterocycles. The van der Waals surface area contributed by atoms with Gasteiger partial charge in [-0.15, -0.1) is 12.4 Å². The van der Waals surface area contributed by atoms with E-state index in [2.05, 4.69) is 10.6 Å². The van der Waals surface area contributed by atoms with Gasteiger partial charge in [0.15, 0.2) is 0 Å². The van der Waals surface area contributed by atoms with E-state index in [0.717, 1.165) is 23.4 Å². The average molecular weight is 315 g/mol. The number of aryl methyl sites for hydroxylation is 2. The van der Waals surface area contributed by atoms with Crippen LogP contribution in [0, 0.1) is 13.8 Å². The zero-order valence-corrected chi connectivity index (χ0v) is 13.3. The number of ether oxygens (including phenoxy) is 2. The third kappa shape index (κ3) is 5.19. The van der Waals surface area contributed by atoms with Crippen LogP contribution in [0.1, 0.15) is 11.1 Å². The third-order valence-corrected chi connectivity index (χ3v) is 3.28. The molecule has 0 bridgehead atoms. The lowest BCUT2D eigenvalue weighted by atomic mass is 10.1. The van der Waals surface area contributed by atoms with E-state index in [1.54, 1.807) is 0 Å². The Labute approximate surface area is 131 Å². The van der Waals surface area contributed by atoms with E-state index in [9.17, 15) is 4.79 Å². The van der Waals surface area contributed by atoms with Crippen LogP contribution in [0.25, 0.3) is 0 Å². The molecule has 1 aliphatic heterocycles. The van der Waals surface area contributed by atoms with Crippen LogP contribution in [-0.2, 0) is 9.53 Å². The largest absolute Gasteiger partial charge is 0.491 e. The van der Waals surface area contributed by atoms with Crippen molar-refractivity contribution in [3.8, 4) is 5.75 Å². The maximum absolute atomic E-state index is 11.8. The Kier molecular flexibility index (Phi) is 7.50. The average Bonchev–Trinajstić information content (AvgIpc) is 2.46. The Bertz CT molecular complexity index is 442. The van der Waals surface area contributed by atoms with Gasteiger partial charge in [-0.2, -0.15) is 0 Å². The molecule has 1 atom stereocenters. The van der Waals surface area contributed by atoms with E-state index in [1.807, 2.05) is 32.0 Å². The number of halogens is 1. The first-order valence-electron chi connectivity index (χ1n) is 6.97. The van der Waals surface area contributed by atoms with Crippen LogP contribution in [0.15, 0.2) is 18.2 Å². The van der Waals surface area contributed by atoms with Crippen LogP contribution < -0.4 is 15.4 Å². The first-order valence-corrected chi connectivity index (χ1v) is 6.97. The molecule has 5 nitrogen and oxygen atoms in total. The Morgan fingerprint density at radius 2 is 2.14 bits per heavy atom. The van der Waals surface area contributed by atoms with E-state index >= 15 is 0 Å². The van der Waals surface area contributed by atoms with Gasteiger partial charge in [-0.1, -0.05) is 18.2 Å². The predicted molar refractivity (Wildman–Crippen MR) is 84.3 cm³/mol. The quantitative estimate of drug-likeness (QED) is 0.802. The van der Waals surface area contributed by atoms with Crippen LogP contribution in [0.5, 0.6) is 5.75 Å². The van der Waals surface area contributed by atoms with Crippen molar-refractivity contribution in [2.75, 3.05) is 32.8 Å². The van der Waals surface area contributed by atoms with E-state index < -0.39 is 0 Å². The van der Waals surface area contributed by atoms with Crippen molar-refractivity contribution < 1.29 is 14.3 Å². The van der Waals surface area contributed by atoms with Crippen molar-refractivity contribution in [1.82, 2.24) is 10.6 Å². The first kappa shape index (κ1) is 17.8. The lowest BCUT2D eigenvalue weighted by molar-refractivity contribution is -0.134. The van der Waals surface area contributed by atoms with Crippen molar-refractivity contribution in [3.63, 3.8) is 0 Å². The molecule has 1 heterocycles. The number of morpholine rings is 1. The smallest absolute Gasteiger partial charge is 0.250 e. The van der Waals surface area contributed by atoms with Crippen LogP contribution >= 0.6 is 12.4 Å². The summed E-state index contributed by atoms with van der Waals surface area (Å²) in [6.45, 7) is 6.93. The number of para-hydroxylation sites is 1. The van der Waals surface area contributed by atoms with Gasteiger partial charge in [0, 0.05) is 13.1 Å². The van der Waals surface area contributed by atoms with Gasteiger partial charge in [-0.3, -0.25) is 4.79 Å². The van der Waals surface area contributed by atoms with Crippen LogP contribution in [0.2, 0.25) is 0 Å². The minimum atomic E-state index is -0.385. The van der Waals surface area contributed by atoms with Gasteiger partial charge in [0.05, 0.1) is 13.2 Å². The molecule has 2 rings (SSSR count). The number of carbonyl (C=O) groups is 1. The lowest BCUT2D eigenvalue weighted by Crippen LogP contribution is -2.48. The summed E-state index contributed by atoms with van der Waals surface area (Å²) in [6.07, 6.45) is -0.385. The highest BCUT2D eigenvalue weighted by Crippen LogP contribution is 2.21. The summed E-state index contributed by atoms with van der Waals surface area (Å²) in [5.41, 5.74) is 2.22. The number of hydrogen-bond donors (Lipinski definition) is 2. The lowest BCUT2D eigenvalue weighted by Gasteiger charge is -2.22. The van der Waals surface area contributed by atoms with Crippen LogP contribution in [0.4, 0.5) is 0 Å². The van der Waals surface area contributed by atoms with Crippen LogP contribution in [0.3, 0.4) is 0 Å². The Morgan fingerprint density at radius 1 is 1.43 bits per heavy atom.